The lowest BCUT2D eigenvalue weighted by Crippen LogP contribution is -2.38. The fourth-order valence-electron chi connectivity index (χ4n) is 2.75. The van der Waals surface area contributed by atoms with Crippen molar-refractivity contribution in [3.8, 4) is 11.4 Å². The average molecular weight is 398 g/mol. The fraction of sp³-hybridized carbons (Fsp3) is 0.286. The van der Waals surface area contributed by atoms with Crippen LogP contribution in [0.25, 0.3) is 11.4 Å². The topological polar surface area (TPSA) is 75.3 Å². The Morgan fingerprint density at radius 3 is 2.64 bits per heavy atom. The van der Waals surface area contributed by atoms with Gasteiger partial charge in [-0.1, -0.05) is 59.2 Å². The van der Waals surface area contributed by atoms with Gasteiger partial charge in [-0.05, 0) is 30.5 Å². The summed E-state index contributed by atoms with van der Waals surface area (Å²) in [6, 6.07) is 17.9. The molecule has 0 aliphatic carbocycles. The standard InChI is InChI=1S/C21H24ClN5O/c1-23-21(24-13-6-9-16-7-3-2-4-8-16)25-14-12-19-26-20(27-28-19)17-10-5-11-18(22)15-17/h2-5,7-8,10-11,15H,6,9,12-14H2,1H3,(H2,23,24,25). The van der Waals surface area contributed by atoms with Crippen molar-refractivity contribution in [1.29, 1.82) is 0 Å². The van der Waals surface area contributed by atoms with Gasteiger partial charge in [-0.2, -0.15) is 4.98 Å². The zero-order chi connectivity index (χ0) is 19.6. The van der Waals surface area contributed by atoms with E-state index in [0.29, 0.717) is 29.7 Å². The maximum Gasteiger partial charge on any atom is 0.228 e. The van der Waals surface area contributed by atoms with Gasteiger partial charge < -0.3 is 15.2 Å². The molecule has 1 aromatic heterocycles. The molecule has 0 saturated heterocycles. The quantitative estimate of drug-likeness (QED) is 0.344. The monoisotopic (exact) mass is 397 g/mol. The lowest BCUT2D eigenvalue weighted by atomic mass is 10.1. The molecule has 0 saturated carbocycles. The van der Waals surface area contributed by atoms with Crippen molar-refractivity contribution in [3.05, 3.63) is 71.1 Å². The summed E-state index contributed by atoms with van der Waals surface area (Å²) in [5, 5.41) is 11.2. The van der Waals surface area contributed by atoms with Gasteiger partial charge >= 0.3 is 0 Å². The van der Waals surface area contributed by atoms with Crippen molar-refractivity contribution in [1.82, 2.24) is 20.8 Å². The van der Waals surface area contributed by atoms with E-state index >= 15 is 0 Å². The van der Waals surface area contributed by atoms with Crippen LogP contribution in [-0.2, 0) is 12.8 Å². The predicted octanol–water partition coefficient (Wildman–Crippen LogP) is 3.73. The Hall–Kier alpha value is -2.86. The number of rotatable bonds is 8. The first-order valence-corrected chi connectivity index (χ1v) is 9.69. The molecule has 0 fully saturated rings. The molecule has 0 unspecified atom stereocenters. The molecule has 2 N–H and O–H groups in total. The van der Waals surface area contributed by atoms with Gasteiger partial charge in [-0.3, -0.25) is 4.99 Å². The Balaban J connectivity index is 1.39. The number of nitrogens with one attached hydrogen (secondary N) is 2. The highest BCUT2D eigenvalue weighted by Gasteiger charge is 2.09. The average Bonchev–Trinajstić information content (AvgIpc) is 3.19. The van der Waals surface area contributed by atoms with Crippen molar-refractivity contribution in [2.45, 2.75) is 19.3 Å². The SMILES string of the molecule is CN=C(NCCCc1ccccc1)NCCc1nc(-c2cccc(Cl)c2)no1. The third kappa shape index (κ3) is 6.09. The minimum atomic E-state index is 0.543. The molecule has 0 aliphatic heterocycles. The second-order valence-electron chi connectivity index (χ2n) is 6.29. The van der Waals surface area contributed by atoms with Crippen molar-refractivity contribution in [2.24, 2.45) is 4.99 Å². The number of aryl methyl sites for hydroxylation is 1. The van der Waals surface area contributed by atoms with Crippen LogP contribution in [0.5, 0.6) is 0 Å². The van der Waals surface area contributed by atoms with Gasteiger partial charge in [0, 0.05) is 37.1 Å². The Bertz CT molecular complexity index is 895. The third-order valence-electron chi connectivity index (χ3n) is 4.18. The van der Waals surface area contributed by atoms with Gasteiger partial charge in [0.2, 0.25) is 11.7 Å². The fourth-order valence-corrected chi connectivity index (χ4v) is 2.94. The lowest BCUT2D eigenvalue weighted by Gasteiger charge is -2.11. The summed E-state index contributed by atoms with van der Waals surface area (Å²) in [6.07, 6.45) is 2.69. The van der Waals surface area contributed by atoms with E-state index in [0.717, 1.165) is 30.9 Å². The first-order valence-electron chi connectivity index (χ1n) is 9.31. The van der Waals surface area contributed by atoms with E-state index in [1.165, 1.54) is 5.56 Å². The molecule has 3 aromatic rings. The highest BCUT2D eigenvalue weighted by atomic mass is 35.5. The molecule has 146 valence electrons. The van der Waals surface area contributed by atoms with E-state index in [2.05, 4.69) is 50.0 Å². The molecule has 0 atom stereocenters. The maximum absolute atomic E-state index is 6.01. The number of guanidine groups is 1. The summed E-state index contributed by atoms with van der Waals surface area (Å²) in [7, 11) is 1.76. The first kappa shape index (κ1) is 19.9. The number of aromatic nitrogens is 2. The second kappa shape index (κ2) is 10.5. The van der Waals surface area contributed by atoms with Crippen LogP contribution in [0, 0.1) is 0 Å². The minimum Gasteiger partial charge on any atom is -0.356 e. The smallest absolute Gasteiger partial charge is 0.228 e. The third-order valence-corrected chi connectivity index (χ3v) is 4.42. The molecule has 3 rings (SSSR count). The van der Waals surface area contributed by atoms with Gasteiger partial charge in [0.05, 0.1) is 0 Å². The number of benzene rings is 2. The molecule has 0 spiro atoms. The number of halogens is 1. The van der Waals surface area contributed by atoms with Crippen LogP contribution in [-0.4, -0.2) is 36.2 Å². The van der Waals surface area contributed by atoms with E-state index in [1.54, 1.807) is 7.05 Å². The first-order chi connectivity index (χ1) is 13.7. The highest BCUT2D eigenvalue weighted by molar-refractivity contribution is 6.30. The van der Waals surface area contributed by atoms with Crippen molar-refractivity contribution in [3.63, 3.8) is 0 Å². The van der Waals surface area contributed by atoms with Crippen LogP contribution in [0.1, 0.15) is 17.9 Å². The minimum absolute atomic E-state index is 0.543. The Labute approximate surface area is 170 Å². The van der Waals surface area contributed by atoms with Crippen LogP contribution in [0.2, 0.25) is 5.02 Å². The highest BCUT2D eigenvalue weighted by Crippen LogP contribution is 2.19. The number of nitrogens with zero attached hydrogens (tertiary/aromatic N) is 3. The normalized spacial score (nSPS) is 11.4. The number of hydrogen-bond acceptors (Lipinski definition) is 4. The summed E-state index contributed by atoms with van der Waals surface area (Å²) < 4.78 is 5.32. The van der Waals surface area contributed by atoms with Crippen LogP contribution in [0.4, 0.5) is 0 Å². The summed E-state index contributed by atoms with van der Waals surface area (Å²) in [5.41, 5.74) is 2.19. The summed E-state index contributed by atoms with van der Waals surface area (Å²) in [6.45, 7) is 1.50. The zero-order valence-electron chi connectivity index (χ0n) is 15.9. The van der Waals surface area contributed by atoms with Gasteiger partial charge in [0.25, 0.3) is 0 Å². The molecular weight excluding hydrogens is 374 g/mol. The van der Waals surface area contributed by atoms with Crippen LogP contribution in [0.3, 0.4) is 0 Å². The van der Waals surface area contributed by atoms with Crippen LogP contribution >= 0.6 is 11.6 Å². The van der Waals surface area contributed by atoms with E-state index in [4.69, 9.17) is 16.1 Å². The number of hydrogen-bond donors (Lipinski definition) is 2. The molecule has 6 nitrogen and oxygen atoms in total. The van der Waals surface area contributed by atoms with Gasteiger partial charge in [0.1, 0.15) is 0 Å². The molecule has 7 heteroatoms. The Morgan fingerprint density at radius 2 is 1.86 bits per heavy atom. The van der Waals surface area contributed by atoms with Gasteiger partial charge in [-0.15, -0.1) is 0 Å². The molecule has 0 amide bonds. The van der Waals surface area contributed by atoms with Crippen molar-refractivity contribution >= 4 is 17.6 Å². The van der Waals surface area contributed by atoms with Crippen LogP contribution in [0.15, 0.2) is 64.1 Å². The molecule has 0 bridgehead atoms. The van der Waals surface area contributed by atoms with Gasteiger partial charge in [0.15, 0.2) is 5.96 Å². The number of aliphatic imine (C=N–C) groups is 1. The van der Waals surface area contributed by atoms with E-state index in [9.17, 15) is 0 Å². The summed E-state index contributed by atoms with van der Waals surface area (Å²) >= 11 is 6.01. The van der Waals surface area contributed by atoms with E-state index in [1.807, 2.05) is 30.3 Å². The van der Waals surface area contributed by atoms with Crippen LogP contribution < -0.4 is 10.6 Å². The van der Waals surface area contributed by atoms with Crippen molar-refractivity contribution < 1.29 is 4.52 Å². The summed E-state index contributed by atoms with van der Waals surface area (Å²) in [5.74, 6) is 1.88. The zero-order valence-corrected chi connectivity index (χ0v) is 16.6. The molecule has 0 aliphatic rings. The predicted molar refractivity (Wildman–Crippen MR) is 113 cm³/mol. The molecule has 1 heterocycles. The van der Waals surface area contributed by atoms with E-state index in [-0.39, 0.29) is 0 Å². The van der Waals surface area contributed by atoms with E-state index < -0.39 is 0 Å². The lowest BCUT2D eigenvalue weighted by molar-refractivity contribution is 0.378. The second-order valence-corrected chi connectivity index (χ2v) is 6.72. The summed E-state index contributed by atoms with van der Waals surface area (Å²) in [4.78, 5) is 8.66. The Morgan fingerprint density at radius 1 is 1.04 bits per heavy atom. The van der Waals surface area contributed by atoms with Crippen molar-refractivity contribution in [2.75, 3.05) is 20.1 Å². The molecule has 0 radical (unpaired) electrons. The maximum atomic E-state index is 6.01. The molecular formula is C21H24ClN5O. The van der Waals surface area contributed by atoms with Gasteiger partial charge in [-0.25, -0.2) is 0 Å². The Kier molecular flexibility index (Phi) is 7.44. The molecule has 28 heavy (non-hydrogen) atoms. The molecule has 2 aromatic carbocycles. The largest absolute Gasteiger partial charge is 0.356 e.